The molecule has 0 fully saturated rings. The SMILES string of the molecule is C=C(C)[C@H]1CCC(C)=C[C@@H]1c1c(O)cc(C)cc1CCCCO[N+](=O)[O-]. The highest BCUT2D eigenvalue weighted by atomic mass is 16.9. The number of benzene rings is 1. The number of phenols is 1. The van der Waals surface area contributed by atoms with Gasteiger partial charge in [-0.05, 0) is 76.0 Å². The zero-order valence-electron chi connectivity index (χ0n) is 16.0. The summed E-state index contributed by atoms with van der Waals surface area (Å²) in [4.78, 5) is 14.6. The maximum atomic E-state index is 10.7. The van der Waals surface area contributed by atoms with Crippen LogP contribution in [0.4, 0.5) is 0 Å². The minimum atomic E-state index is -0.753. The van der Waals surface area contributed by atoms with E-state index in [1.807, 2.05) is 13.0 Å². The number of nitrogens with zero attached hydrogens (tertiary/aromatic N) is 1. The molecule has 0 heterocycles. The molecular weight excluding hydrogens is 330 g/mol. The summed E-state index contributed by atoms with van der Waals surface area (Å²) in [5.41, 5.74) is 5.61. The molecule has 0 aromatic heterocycles. The minimum absolute atomic E-state index is 0.108. The highest BCUT2D eigenvalue weighted by Gasteiger charge is 2.29. The first-order valence-corrected chi connectivity index (χ1v) is 9.22. The van der Waals surface area contributed by atoms with Crippen LogP contribution in [0, 0.1) is 23.0 Å². The van der Waals surface area contributed by atoms with Gasteiger partial charge in [-0.15, -0.1) is 10.1 Å². The third kappa shape index (κ3) is 5.10. The Morgan fingerprint density at radius 1 is 1.38 bits per heavy atom. The first-order chi connectivity index (χ1) is 12.3. The smallest absolute Gasteiger partial charge is 0.294 e. The predicted octanol–water partition coefficient (Wildman–Crippen LogP) is 5.25. The predicted molar refractivity (Wildman–Crippen MR) is 103 cm³/mol. The van der Waals surface area contributed by atoms with Gasteiger partial charge in [0, 0.05) is 11.5 Å². The van der Waals surface area contributed by atoms with Crippen molar-refractivity contribution < 1.29 is 15.0 Å². The molecule has 2 atom stereocenters. The third-order valence-electron chi connectivity index (χ3n) is 5.14. The van der Waals surface area contributed by atoms with E-state index in [-0.39, 0.29) is 12.5 Å². The van der Waals surface area contributed by atoms with Crippen LogP contribution < -0.4 is 0 Å². The number of allylic oxidation sites excluding steroid dienone is 3. The summed E-state index contributed by atoms with van der Waals surface area (Å²) in [5, 5.41) is 20.2. The Hall–Kier alpha value is -2.30. The zero-order valence-corrected chi connectivity index (χ0v) is 16.0. The minimum Gasteiger partial charge on any atom is -0.508 e. The number of unbranched alkanes of at least 4 members (excludes halogenated alkanes) is 1. The van der Waals surface area contributed by atoms with Crippen molar-refractivity contribution in [3.8, 4) is 5.75 Å². The van der Waals surface area contributed by atoms with Gasteiger partial charge in [0.25, 0.3) is 5.09 Å². The molecule has 5 heteroatoms. The second-order valence-corrected chi connectivity index (χ2v) is 7.40. The van der Waals surface area contributed by atoms with Gasteiger partial charge in [0.05, 0.1) is 6.61 Å². The van der Waals surface area contributed by atoms with Crippen molar-refractivity contribution in [2.24, 2.45) is 5.92 Å². The van der Waals surface area contributed by atoms with Crippen LogP contribution in [0.2, 0.25) is 0 Å². The Balaban J connectivity index is 2.27. The number of hydrogen-bond donors (Lipinski definition) is 1. The lowest BCUT2D eigenvalue weighted by Crippen LogP contribution is -2.18. The summed E-state index contributed by atoms with van der Waals surface area (Å²) < 4.78 is 0. The normalized spacial score (nSPS) is 19.7. The first-order valence-electron chi connectivity index (χ1n) is 9.22. The highest BCUT2D eigenvalue weighted by molar-refractivity contribution is 5.48. The number of rotatable bonds is 8. The molecule has 0 amide bonds. The van der Waals surface area contributed by atoms with E-state index < -0.39 is 5.09 Å². The third-order valence-corrected chi connectivity index (χ3v) is 5.14. The van der Waals surface area contributed by atoms with Crippen molar-refractivity contribution in [1.82, 2.24) is 0 Å². The molecule has 0 saturated carbocycles. The largest absolute Gasteiger partial charge is 0.508 e. The molecular formula is C21H29NO4. The van der Waals surface area contributed by atoms with Gasteiger partial charge < -0.3 is 9.94 Å². The Kier molecular flexibility index (Phi) is 6.83. The summed E-state index contributed by atoms with van der Waals surface area (Å²) >= 11 is 0. The van der Waals surface area contributed by atoms with Crippen LogP contribution in [0.5, 0.6) is 5.75 Å². The standard InChI is InChI=1S/C21H29NO4/c1-14(2)18-9-8-15(3)12-19(18)21-17(11-16(4)13-20(21)23)7-5-6-10-26-22(24)25/h11-13,18-19,23H,1,5-10H2,2-4H3/t18-,19+/m1/s1. The van der Waals surface area contributed by atoms with Gasteiger partial charge in [0.1, 0.15) is 5.75 Å². The zero-order chi connectivity index (χ0) is 19.3. The topological polar surface area (TPSA) is 72.6 Å². The Labute approximate surface area is 155 Å². The van der Waals surface area contributed by atoms with Crippen LogP contribution in [0.1, 0.15) is 62.1 Å². The van der Waals surface area contributed by atoms with E-state index in [1.165, 1.54) is 5.57 Å². The van der Waals surface area contributed by atoms with Crippen LogP contribution in [0.3, 0.4) is 0 Å². The quantitative estimate of drug-likeness (QED) is 0.298. The lowest BCUT2D eigenvalue weighted by molar-refractivity contribution is -0.757. The fraction of sp³-hybridized carbons (Fsp3) is 0.524. The first kappa shape index (κ1) is 20.0. The molecule has 142 valence electrons. The van der Waals surface area contributed by atoms with Gasteiger partial charge >= 0.3 is 0 Å². The number of hydrogen-bond acceptors (Lipinski definition) is 4. The van der Waals surface area contributed by atoms with Crippen LogP contribution in [0.25, 0.3) is 0 Å². The summed E-state index contributed by atoms with van der Waals surface area (Å²) in [6.45, 7) is 10.5. The van der Waals surface area contributed by atoms with Gasteiger partial charge in [0.15, 0.2) is 0 Å². The summed E-state index contributed by atoms with van der Waals surface area (Å²) in [7, 11) is 0. The van der Waals surface area contributed by atoms with E-state index in [4.69, 9.17) is 0 Å². The fourth-order valence-electron chi connectivity index (χ4n) is 3.91. The maximum absolute atomic E-state index is 10.7. The van der Waals surface area contributed by atoms with Crippen LogP contribution in [-0.2, 0) is 11.3 Å². The second kappa shape index (κ2) is 8.88. The van der Waals surface area contributed by atoms with Gasteiger partial charge in [-0.1, -0.05) is 29.9 Å². The van der Waals surface area contributed by atoms with E-state index in [0.717, 1.165) is 47.9 Å². The van der Waals surface area contributed by atoms with Crippen molar-refractivity contribution in [1.29, 1.82) is 0 Å². The summed E-state index contributed by atoms with van der Waals surface area (Å²) in [5.74, 6) is 0.791. The van der Waals surface area contributed by atoms with Crippen molar-refractivity contribution in [3.05, 3.63) is 62.7 Å². The molecule has 1 N–H and O–H groups in total. The fourth-order valence-corrected chi connectivity index (χ4v) is 3.91. The molecule has 1 aliphatic carbocycles. The lowest BCUT2D eigenvalue weighted by atomic mass is 9.72. The van der Waals surface area contributed by atoms with Gasteiger partial charge in [-0.25, -0.2) is 0 Å². The molecule has 0 spiro atoms. The van der Waals surface area contributed by atoms with Gasteiger partial charge in [0.2, 0.25) is 0 Å². The van der Waals surface area contributed by atoms with E-state index >= 15 is 0 Å². The summed E-state index contributed by atoms with van der Waals surface area (Å²) in [6.07, 6.45) is 6.53. The van der Waals surface area contributed by atoms with Crippen molar-refractivity contribution >= 4 is 0 Å². The average Bonchev–Trinajstić information content (AvgIpc) is 2.53. The molecule has 1 aliphatic rings. The lowest BCUT2D eigenvalue weighted by Gasteiger charge is -2.32. The van der Waals surface area contributed by atoms with Crippen LogP contribution in [0.15, 0.2) is 35.9 Å². The molecule has 1 aromatic carbocycles. The number of aromatic hydroxyl groups is 1. The maximum Gasteiger partial charge on any atom is 0.294 e. The van der Waals surface area contributed by atoms with Crippen molar-refractivity contribution in [3.63, 3.8) is 0 Å². The van der Waals surface area contributed by atoms with E-state index in [1.54, 1.807) is 0 Å². The molecule has 2 rings (SSSR count). The average molecular weight is 359 g/mol. The molecule has 1 aromatic rings. The van der Waals surface area contributed by atoms with Crippen molar-refractivity contribution in [2.75, 3.05) is 6.61 Å². The van der Waals surface area contributed by atoms with E-state index in [9.17, 15) is 15.2 Å². The number of aryl methyl sites for hydroxylation is 2. The van der Waals surface area contributed by atoms with E-state index in [0.29, 0.717) is 18.1 Å². The Bertz CT molecular complexity index is 708. The monoisotopic (exact) mass is 359 g/mol. The number of phenolic OH excluding ortho intramolecular Hbond substituents is 1. The van der Waals surface area contributed by atoms with Gasteiger partial charge in [-0.3, -0.25) is 0 Å². The highest BCUT2D eigenvalue weighted by Crippen LogP contribution is 2.44. The Morgan fingerprint density at radius 2 is 2.12 bits per heavy atom. The van der Waals surface area contributed by atoms with Crippen LogP contribution >= 0.6 is 0 Å². The van der Waals surface area contributed by atoms with Crippen LogP contribution in [-0.4, -0.2) is 16.8 Å². The molecule has 0 aliphatic heterocycles. The molecule has 0 unspecified atom stereocenters. The molecule has 0 saturated heterocycles. The van der Waals surface area contributed by atoms with E-state index in [2.05, 4.69) is 37.4 Å². The molecule has 0 radical (unpaired) electrons. The van der Waals surface area contributed by atoms with Crippen molar-refractivity contribution in [2.45, 2.75) is 58.8 Å². The molecule has 5 nitrogen and oxygen atoms in total. The second-order valence-electron chi connectivity index (χ2n) is 7.40. The molecule has 26 heavy (non-hydrogen) atoms. The van der Waals surface area contributed by atoms with Gasteiger partial charge in [-0.2, -0.15) is 0 Å². The molecule has 0 bridgehead atoms. The Morgan fingerprint density at radius 3 is 2.77 bits per heavy atom. The summed E-state index contributed by atoms with van der Waals surface area (Å²) in [6, 6.07) is 3.94.